The van der Waals surface area contributed by atoms with E-state index in [0.717, 1.165) is 6.07 Å². The van der Waals surface area contributed by atoms with E-state index in [2.05, 4.69) is 4.72 Å². The van der Waals surface area contributed by atoms with Crippen LogP contribution in [-0.2, 0) is 14.8 Å². The van der Waals surface area contributed by atoms with E-state index in [1.807, 2.05) is 0 Å². The van der Waals surface area contributed by atoms with E-state index in [0.29, 0.717) is 5.56 Å². The van der Waals surface area contributed by atoms with Gasteiger partial charge in [-0.05, 0) is 31.0 Å². The number of aliphatic carboxylic acids is 1. The van der Waals surface area contributed by atoms with Gasteiger partial charge in [-0.15, -0.1) is 0 Å². The third kappa shape index (κ3) is 4.00. The quantitative estimate of drug-likeness (QED) is 0.831. The van der Waals surface area contributed by atoms with E-state index in [1.165, 1.54) is 12.1 Å². The number of nitrogens with one attached hydrogen (secondary N) is 1. The second kappa shape index (κ2) is 6.12. The summed E-state index contributed by atoms with van der Waals surface area (Å²) in [7, 11) is -4.04. The van der Waals surface area contributed by atoms with Crippen molar-refractivity contribution in [1.29, 1.82) is 0 Å². The van der Waals surface area contributed by atoms with E-state index >= 15 is 0 Å². The monoisotopic (exact) mass is 289 g/mol. The lowest BCUT2D eigenvalue weighted by atomic mass is 10.1. The molecular formula is C12H16FNO4S. The Balaban J connectivity index is 2.93. The number of carbonyl (C=O) groups is 1. The first-order valence-electron chi connectivity index (χ1n) is 5.76. The molecule has 5 nitrogen and oxygen atoms in total. The molecule has 7 heteroatoms. The zero-order valence-corrected chi connectivity index (χ0v) is 11.5. The Labute approximate surface area is 111 Å². The van der Waals surface area contributed by atoms with Crippen molar-refractivity contribution < 1.29 is 22.7 Å². The molecule has 0 fully saturated rings. The number of benzene rings is 1. The summed E-state index contributed by atoms with van der Waals surface area (Å²) in [5, 5.41) is 8.83. The van der Waals surface area contributed by atoms with Crippen molar-refractivity contribution in [2.24, 2.45) is 5.92 Å². The summed E-state index contributed by atoms with van der Waals surface area (Å²) < 4.78 is 39.4. The minimum Gasteiger partial charge on any atom is -0.481 e. The first kappa shape index (κ1) is 15.6. The van der Waals surface area contributed by atoms with Crippen molar-refractivity contribution >= 4 is 16.0 Å². The highest BCUT2D eigenvalue weighted by Crippen LogP contribution is 2.16. The lowest BCUT2D eigenvalue weighted by molar-refractivity contribution is -0.141. The van der Waals surface area contributed by atoms with Crippen LogP contribution < -0.4 is 4.72 Å². The number of carboxylic acids is 1. The molecule has 0 aliphatic heterocycles. The van der Waals surface area contributed by atoms with Crippen LogP contribution in [0.1, 0.15) is 18.9 Å². The van der Waals surface area contributed by atoms with E-state index in [-0.39, 0.29) is 13.0 Å². The van der Waals surface area contributed by atoms with Gasteiger partial charge in [0, 0.05) is 6.54 Å². The molecule has 106 valence electrons. The molecule has 0 spiro atoms. The molecule has 0 saturated heterocycles. The van der Waals surface area contributed by atoms with Crippen LogP contribution >= 0.6 is 0 Å². The van der Waals surface area contributed by atoms with E-state index < -0.39 is 32.6 Å². The van der Waals surface area contributed by atoms with Crippen molar-refractivity contribution in [3.05, 3.63) is 29.6 Å². The van der Waals surface area contributed by atoms with Gasteiger partial charge < -0.3 is 5.11 Å². The van der Waals surface area contributed by atoms with Gasteiger partial charge in [0.15, 0.2) is 0 Å². The number of halogens is 1. The third-order valence-corrected chi connectivity index (χ3v) is 4.18. The zero-order chi connectivity index (χ0) is 14.6. The lowest BCUT2D eigenvalue weighted by Gasteiger charge is -2.12. The summed E-state index contributed by atoms with van der Waals surface area (Å²) in [6.07, 6.45) is 0.286. The molecule has 0 aliphatic rings. The van der Waals surface area contributed by atoms with Gasteiger partial charge in [-0.1, -0.05) is 13.0 Å². The number of rotatable bonds is 6. The maximum absolute atomic E-state index is 13.5. The fourth-order valence-corrected chi connectivity index (χ4v) is 2.75. The predicted molar refractivity (Wildman–Crippen MR) is 67.7 cm³/mol. The Hall–Kier alpha value is -1.47. The molecule has 0 saturated carbocycles. The molecule has 0 aliphatic carbocycles. The maximum atomic E-state index is 13.5. The Morgan fingerprint density at radius 2 is 2.11 bits per heavy atom. The predicted octanol–water partition coefficient (Wildman–Crippen LogP) is 1.52. The Kier molecular flexibility index (Phi) is 5.02. The topological polar surface area (TPSA) is 83.5 Å². The Morgan fingerprint density at radius 3 is 2.63 bits per heavy atom. The second-order valence-electron chi connectivity index (χ2n) is 4.23. The first-order chi connectivity index (χ1) is 8.77. The van der Waals surface area contributed by atoms with Crippen molar-refractivity contribution in [2.75, 3.05) is 6.54 Å². The van der Waals surface area contributed by atoms with Gasteiger partial charge in [0.05, 0.1) is 5.92 Å². The average molecular weight is 289 g/mol. The van der Waals surface area contributed by atoms with Crippen LogP contribution in [0.3, 0.4) is 0 Å². The first-order valence-corrected chi connectivity index (χ1v) is 7.25. The molecular weight excluding hydrogens is 273 g/mol. The zero-order valence-electron chi connectivity index (χ0n) is 10.7. The number of sulfonamides is 1. The highest BCUT2D eigenvalue weighted by molar-refractivity contribution is 7.89. The van der Waals surface area contributed by atoms with E-state index in [9.17, 15) is 17.6 Å². The summed E-state index contributed by atoms with van der Waals surface area (Å²) in [6, 6.07) is 3.73. The Bertz CT molecular complexity index is 571. The second-order valence-corrected chi connectivity index (χ2v) is 5.96. The molecule has 19 heavy (non-hydrogen) atoms. The standard InChI is InChI=1S/C12H16FNO4S/c1-3-9(12(15)16)7-14-19(17,18)11-6-8(2)4-5-10(11)13/h4-6,9,14H,3,7H2,1-2H3,(H,15,16). The summed E-state index contributed by atoms with van der Waals surface area (Å²) in [6.45, 7) is 3.02. The van der Waals surface area contributed by atoms with Crippen LogP contribution in [-0.4, -0.2) is 26.0 Å². The summed E-state index contributed by atoms with van der Waals surface area (Å²) in [5.41, 5.74) is 0.604. The number of carboxylic acid groups (broad SMARTS) is 1. The minimum atomic E-state index is -4.04. The molecule has 0 aromatic heterocycles. The molecule has 2 N–H and O–H groups in total. The third-order valence-electron chi connectivity index (χ3n) is 2.74. The minimum absolute atomic E-state index is 0.262. The Morgan fingerprint density at radius 1 is 1.47 bits per heavy atom. The number of aryl methyl sites for hydroxylation is 1. The molecule has 0 bridgehead atoms. The fourth-order valence-electron chi connectivity index (χ4n) is 1.51. The van der Waals surface area contributed by atoms with Crippen LogP contribution in [0.2, 0.25) is 0 Å². The normalized spacial score (nSPS) is 13.2. The summed E-state index contributed by atoms with van der Waals surface area (Å²) in [5.74, 6) is -2.78. The van der Waals surface area contributed by atoms with Crippen molar-refractivity contribution in [3.8, 4) is 0 Å². The largest absolute Gasteiger partial charge is 0.481 e. The van der Waals surface area contributed by atoms with Crippen LogP contribution in [0.5, 0.6) is 0 Å². The molecule has 1 unspecified atom stereocenters. The SMILES string of the molecule is CCC(CNS(=O)(=O)c1cc(C)ccc1F)C(=O)O. The highest BCUT2D eigenvalue weighted by atomic mass is 32.2. The number of hydrogen-bond acceptors (Lipinski definition) is 3. The smallest absolute Gasteiger partial charge is 0.307 e. The van der Waals surface area contributed by atoms with E-state index in [1.54, 1.807) is 13.8 Å². The van der Waals surface area contributed by atoms with Crippen LogP contribution in [0, 0.1) is 18.7 Å². The van der Waals surface area contributed by atoms with Gasteiger partial charge in [-0.2, -0.15) is 0 Å². The van der Waals surface area contributed by atoms with Gasteiger partial charge in [-0.3, -0.25) is 4.79 Å². The maximum Gasteiger partial charge on any atom is 0.307 e. The summed E-state index contributed by atoms with van der Waals surface area (Å²) in [4.78, 5) is 10.3. The molecule has 0 radical (unpaired) electrons. The van der Waals surface area contributed by atoms with Gasteiger partial charge in [-0.25, -0.2) is 17.5 Å². The van der Waals surface area contributed by atoms with Crippen molar-refractivity contribution in [3.63, 3.8) is 0 Å². The van der Waals surface area contributed by atoms with Gasteiger partial charge in [0.25, 0.3) is 0 Å². The lowest BCUT2D eigenvalue weighted by Crippen LogP contribution is -2.33. The molecule has 1 aromatic rings. The average Bonchev–Trinajstić information content (AvgIpc) is 2.32. The van der Waals surface area contributed by atoms with Crippen LogP contribution in [0.25, 0.3) is 0 Å². The van der Waals surface area contributed by atoms with Gasteiger partial charge >= 0.3 is 5.97 Å². The van der Waals surface area contributed by atoms with Crippen molar-refractivity contribution in [1.82, 2.24) is 4.72 Å². The molecule has 0 amide bonds. The summed E-state index contributed by atoms with van der Waals surface area (Å²) >= 11 is 0. The molecule has 1 aromatic carbocycles. The van der Waals surface area contributed by atoms with Gasteiger partial charge in [0.2, 0.25) is 10.0 Å². The van der Waals surface area contributed by atoms with Crippen LogP contribution in [0.4, 0.5) is 4.39 Å². The molecule has 1 rings (SSSR count). The van der Waals surface area contributed by atoms with E-state index in [4.69, 9.17) is 5.11 Å². The van der Waals surface area contributed by atoms with Gasteiger partial charge in [0.1, 0.15) is 10.7 Å². The molecule has 0 heterocycles. The number of hydrogen-bond donors (Lipinski definition) is 2. The highest BCUT2D eigenvalue weighted by Gasteiger charge is 2.22. The van der Waals surface area contributed by atoms with Crippen molar-refractivity contribution in [2.45, 2.75) is 25.2 Å². The fraction of sp³-hybridized carbons (Fsp3) is 0.417. The van der Waals surface area contributed by atoms with Crippen LogP contribution in [0.15, 0.2) is 23.1 Å². The molecule has 1 atom stereocenters.